The Bertz CT molecular complexity index is 587. The predicted molar refractivity (Wildman–Crippen MR) is 85.2 cm³/mol. The van der Waals surface area contributed by atoms with Crippen LogP contribution in [-0.4, -0.2) is 47.3 Å². The highest BCUT2D eigenvalue weighted by Crippen LogP contribution is 2.27. The van der Waals surface area contributed by atoms with Crippen LogP contribution in [0, 0.1) is 11.7 Å². The maximum Gasteiger partial charge on any atom is 0.228 e. The lowest BCUT2D eigenvalue weighted by atomic mass is 10.0. The van der Waals surface area contributed by atoms with E-state index in [9.17, 15) is 14.0 Å². The molecule has 0 aliphatic carbocycles. The number of benzene rings is 1. The van der Waals surface area contributed by atoms with Crippen LogP contribution in [-0.2, 0) is 16.0 Å². The van der Waals surface area contributed by atoms with Gasteiger partial charge < -0.3 is 9.80 Å². The Morgan fingerprint density at radius 3 is 2.70 bits per heavy atom. The number of hydrogen-bond acceptors (Lipinski definition) is 2. The zero-order valence-corrected chi connectivity index (χ0v) is 13.5. The molecule has 2 atom stereocenters. The number of halogens is 1. The third-order valence-electron chi connectivity index (χ3n) is 4.99. The molecule has 2 fully saturated rings. The Labute approximate surface area is 136 Å². The van der Waals surface area contributed by atoms with Crippen LogP contribution in [0.4, 0.5) is 4.39 Å². The summed E-state index contributed by atoms with van der Waals surface area (Å²) in [6.45, 7) is 3.93. The van der Waals surface area contributed by atoms with E-state index >= 15 is 0 Å². The molecule has 2 aliphatic rings. The van der Waals surface area contributed by atoms with Crippen LogP contribution < -0.4 is 0 Å². The summed E-state index contributed by atoms with van der Waals surface area (Å²) in [5.74, 6) is -0.243. The summed E-state index contributed by atoms with van der Waals surface area (Å²) in [4.78, 5) is 28.4. The first-order valence-corrected chi connectivity index (χ1v) is 8.41. The first-order valence-electron chi connectivity index (χ1n) is 8.41. The number of amides is 2. The van der Waals surface area contributed by atoms with Gasteiger partial charge in [0.05, 0.1) is 5.92 Å². The van der Waals surface area contributed by atoms with E-state index in [0.29, 0.717) is 19.5 Å². The van der Waals surface area contributed by atoms with Gasteiger partial charge >= 0.3 is 0 Å². The number of carbonyl (C=O) groups is 2. The SMILES string of the molecule is CCN1CC(C(=O)N2CCCC2Cc2ccc(F)cc2)CC1=O. The van der Waals surface area contributed by atoms with Crippen LogP contribution in [0.1, 0.15) is 31.7 Å². The molecule has 0 aromatic heterocycles. The summed E-state index contributed by atoms with van der Waals surface area (Å²) in [5, 5.41) is 0. The van der Waals surface area contributed by atoms with Gasteiger partial charge in [0.2, 0.25) is 11.8 Å². The zero-order valence-electron chi connectivity index (χ0n) is 13.5. The highest BCUT2D eigenvalue weighted by atomic mass is 19.1. The summed E-state index contributed by atoms with van der Waals surface area (Å²) < 4.78 is 13.0. The van der Waals surface area contributed by atoms with E-state index in [-0.39, 0.29) is 29.6 Å². The molecule has 1 aromatic carbocycles. The van der Waals surface area contributed by atoms with E-state index in [4.69, 9.17) is 0 Å². The molecule has 0 radical (unpaired) electrons. The van der Waals surface area contributed by atoms with Gasteiger partial charge in [-0.1, -0.05) is 12.1 Å². The Morgan fingerprint density at radius 2 is 2.04 bits per heavy atom. The minimum absolute atomic E-state index is 0.0835. The van der Waals surface area contributed by atoms with Crippen molar-refractivity contribution in [3.63, 3.8) is 0 Å². The molecule has 2 heterocycles. The second-order valence-corrected chi connectivity index (χ2v) is 6.49. The van der Waals surface area contributed by atoms with Gasteiger partial charge in [-0.3, -0.25) is 9.59 Å². The fourth-order valence-electron chi connectivity index (χ4n) is 3.71. The molecule has 2 aliphatic heterocycles. The molecule has 124 valence electrons. The van der Waals surface area contributed by atoms with Crippen LogP contribution in [0.5, 0.6) is 0 Å². The van der Waals surface area contributed by atoms with Gasteiger partial charge in [-0.15, -0.1) is 0 Å². The maximum atomic E-state index is 13.0. The van der Waals surface area contributed by atoms with Crippen LogP contribution in [0.2, 0.25) is 0 Å². The van der Waals surface area contributed by atoms with E-state index in [1.54, 1.807) is 17.0 Å². The minimum atomic E-state index is -0.239. The normalized spacial score (nSPS) is 24.5. The Hall–Kier alpha value is -1.91. The maximum absolute atomic E-state index is 13.0. The average Bonchev–Trinajstić information content (AvgIpc) is 3.15. The lowest BCUT2D eigenvalue weighted by Crippen LogP contribution is -2.41. The summed E-state index contributed by atoms with van der Waals surface area (Å²) in [6, 6.07) is 6.66. The summed E-state index contributed by atoms with van der Waals surface area (Å²) in [7, 11) is 0. The number of rotatable bonds is 4. The van der Waals surface area contributed by atoms with Crippen molar-refractivity contribution in [2.45, 2.75) is 38.6 Å². The molecule has 0 N–H and O–H groups in total. The molecule has 0 saturated carbocycles. The first-order chi connectivity index (χ1) is 11.1. The zero-order chi connectivity index (χ0) is 16.4. The van der Waals surface area contributed by atoms with Crippen molar-refractivity contribution in [2.75, 3.05) is 19.6 Å². The van der Waals surface area contributed by atoms with Gasteiger partial charge in [0, 0.05) is 32.1 Å². The van der Waals surface area contributed by atoms with Crippen molar-refractivity contribution >= 4 is 11.8 Å². The fraction of sp³-hybridized carbons (Fsp3) is 0.556. The van der Waals surface area contributed by atoms with Crippen molar-refractivity contribution in [1.29, 1.82) is 0 Å². The lowest BCUT2D eigenvalue weighted by molar-refractivity contribution is -0.136. The number of likely N-dealkylation sites (tertiary alicyclic amines) is 2. The van der Waals surface area contributed by atoms with Crippen LogP contribution in [0.3, 0.4) is 0 Å². The van der Waals surface area contributed by atoms with Crippen molar-refractivity contribution in [1.82, 2.24) is 9.80 Å². The van der Waals surface area contributed by atoms with E-state index in [1.807, 2.05) is 11.8 Å². The van der Waals surface area contributed by atoms with Gasteiger partial charge in [0.1, 0.15) is 5.82 Å². The van der Waals surface area contributed by atoms with Gasteiger partial charge in [0.25, 0.3) is 0 Å². The molecule has 5 heteroatoms. The van der Waals surface area contributed by atoms with Gasteiger partial charge in [-0.05, 0) is 43.9 Å². The van der Waals surface area contributed by atoms with E-state index in [0.717, 1.165) is 31.4 Å². The number of hydrogen-bond donors (Lipinski definition) is 0. The Morgan fingerprint density at radius 1 is 1.30 bits per heavy atom. The smallest absolute Gasteiger partial charge is 0.228 e. The highest BCUT2D eigenvalue weighted by molar-refractivity contribution is 5.89. The van der Waals surface area contributed by atoms with E-state index in [1.165, 1.54) is 12.1 Å². The largest absolute Gasteiger partial charge is 0.342 e. The van der Waals surface area contributed by atoms with Crippen LogP contribution in [0.15, 0.2) is 24.3 Å². The Balaban J connectivity index is 1.65. The molecule has 2 saturated heterocycles. The highest BCUT2D eigenvalue weighted by Gasteiger charge is 2.39. The molecule has 23 heavy (non-hydrogen) atoms. The third-order valence-corrected chi connectivity index (χ3v) is 4.99. The van der Waals surface area contributed by atoms with Gasteiger partial charge in [0.15, 0.2) is 0 Å². The molecule has 3 rings (SSSR count). The second kappa shape index (κ2) is 6.69. The predicted octanol–water partition coefficient (Wildman–Crippen LogP) is 2.23. The summed E-state index contributed by atoms with van der Waals surface area (Å²) >= 11 is 0. The van der Waals surface area contributed by atoms with Gasteiger partial charge in [-0.25, -0.2) is 4.39 Å². The first kappa shape index (κ1) is 16.0. The average molecular weight is 318 g/mol. The molecule has 1 aromatic rings. The summed E-state index contributed by atoms with van der Waals surface area (Å²) in [6.07, 6.45) is 3.06. The van der Waals surface area contributed by atoms with E-state index in [2.05, 4.69) is 0 Å². The molecular formula is C18H23FN2O2. The van der Waals surface area contributed by atoms with Crippen molar-refractivity contribution in [3.8, 4) is 0 Å². The molecule has 0 bridgehead atoms. The molecule has 0 spiro atoms. The van der Waals surface area contributed by atoms with E-state index < -0.39 is 0 Å². The van der Waals surface area contributed by atoms with Crippen molar-refractivity contribution in [2.24, 2.45) is 5.92 Å². The number of carbonyl (C=O) groups excluding carboxylic acids is 2. The lowest BCUT2D eigenvalue weighted by Gasteiger charge is -2.27. The monoisotopic (exact) mass is 318 g/mol. The molecular weight excluding hydrogens is 295 g/mol. The second-order valence-electron chi connectivity index (χ2n) is 6.49. The Kier molecular flexibility index (Phi) is 4.64. The van der Waals surface area contributed by atoms with Gasteiger partial charge in [-0.2, -0.15) is 0 Å². The minimum Gasteiger partial charge on any atom is -0.342 e. The quantitative estimate of drug-likeness (QED) is 0.854. The third kappa shape index (κ3) is 3.38. The topological polar surface area (TPSA) is 40.6 Å². The molecule has 2 amide bonds. The molecule has 4 nitrogen and oxygen atoms in total. The molecule has 2 unspecified atom stereocenters. The fourth-order valence-corrected chi connectivity index (χ4v) is 3.71. The van der Waals surface area contributed by atoms with Crippen molar-refractivity contribution < 1.29 is 14.0 Å². The van der Waals surface area contributed by atoms with Crippen LogP contribution in [0.25, 0.3) is 0 Å². The standard InChI is InChI=1S/C18H23FN2O2/c1-2-20-12-14(11-17(20)22)18(23)21-9-3-4-16(21)10-13-5-7-15(19)8-6-13/h5-8,14,16H,2-4,9-12H2,1H3. The number of nitrogens with zero attached hydrogens (tertiary/aromatic N) is 2. The van der Waals surface area contributed by atoms with Crippen LogP contribution >= 0.6 is 0 Å². The summed E-state index contributed by atoms with van der Waals surface area (Å²) in [5.41, 5.74) is 1.05. The van der Waals surface area contributed by atoms with Crippen molar-refractivity contribution in [3.05, 3.63) is 35.6 Å².